The minimum Gasteiger partial charge on any atom is -0.247 e. The van der Waals surface area contributed by atoms with Crippen molar-refractivity contribution in [3.63, 3.8) is 0 Å². The van der Waals surface area contributed by atoms with Gasteiger partial charge in [-0.3, -0.25) is 0 Å². The van der Waals surface area contributed by atoms with Gasteiger partial charge in [-0.2, -0.15) is 0 Å². The quantitative estimate of drug-likeness (QED) is 0.518. The van der Waals surface area contributed by atoms with E-state index in [2.05, 4.69) is 15.4 Å². The van der Waals surface area contributed by atoms with Crippen LogP contribution in [0.1, 0.15) is 0 Å². The number of halogens is 1. The topological polar surface area (TPSA) is 41.6 Å². The van der Waals surface area contributed by atoms with E-state index in [-0.39, 0.29) is 0 Å². The van der Waals surface area contributed by atoms with Gasteiger partial charge in [-0.15, -0.1) is 5.10 Å². The van der Waals surface area contributed by atoms with Crippen LogP contribution in [0.15, 0.2) is 6.20 Å². The molecular formula is C2H2ClN3. The van der Waals surface area contributed by atoms with E-state index in [0.29, 0.717) is 5.15 Å². The first-order chi connectivity index (χ1) is 2.89. The summed E-state index contributed by atoms with van der Waals surface area (Å²) in [5, 5.41) is 9.57. The second kappa shape index (κ2) is 1.26. The molecule has 0 aliphatic rings. The minimum atomic E-state index is 0.468. The molecule has 0 fully saturated rings. The Labute approximate surface area is 39.3 Å². The van der Waals surface area contributed by atoms with Gasteiger partial charge >= 0.3 is 0 Å². The van der Waals surface area contributed by atoms with Crippen LogP contribution >= 0.6 is 11.6 Å². The highest BCUT2D eigenvalue weighted by atomic mass is 35.5. The van der Waals surface area contributed by atoms with Gasteiger partial charge in [0.15, 0.2) is 0 Å². The molecule has 0 unspecified atom stereocenters. The summed E-state index contributed by atoms with van der Waals surface area (Å²) in [5.74, 6) is 0. The Hall–Kier alpha value is -0.570. The van der Waals surface area contributed by atoms with Gasteiger partial charge in [0.1, 0.15) is 5.15 Å². The Morgan fingerprint density at radius 2 is 2.67 bits per heavy atom. The van der Waals surface area contributed by atoms with Crippen molar-refractivity contribution in [2.75, 3.05) is 0 Å². The Morgan fingerprint density at radius 1 is 1.83 bits per heavy atom. The molecule has 0 atom stereocenters. The van der Waals surface area contributed by atoms with Gasteiger partial charge in [-0.1, -0.05) is 16.8 Å². The lowest BCUT2D eigenvalue weighted by atomic mass is 11.0. The number of hydrogen-bond acceptors (Lipinski definition) is 2. The van der Waals surface area contributed by atoms with Crippen molar-refractivity contribution in [1.82, 2.24) is 15.4 Å². The normalized spacial score (nSPS) is 8.83. The molecule has 0 bridgehead atoms. The van der Waals surface area contributed by atoms with Crippen LogP contribution in [0.3, 0.4) is 0 Å². The standard InChI is InChI=1S/C2H2ClN3/c3-2-1-4-6-5-2/h1H,(H,4,5,6). The first-order valence-corrected chi connectivity index (χ1v) is 1.79. The third-order valence-electron chi connectivity index (χ3n) is 0.386. The van der Waals surface area contributed by atoms with Gasteiger partial charge in [-0.25, -0.2) is 5.10 Å². The van der Waals surface area contributed by atoms with Crippen LogP contribution in [0.2, 0.25) is 5.15 Å². The van der Waals surface area contributed by atoms with E-state index in [4.69, 9.17) is 11.6 Å². The second-order valence-corrected chi connectivity index (χ2v) is 1.21. The molecule has 1 rings (SSSR count). The summed E-state index contributed by atoms with van der Waals surface area (Å²) >= 11 is 5.27. The summed E-state index contributed by atoms with van der Waals surface area (Å²) in [6, 6.07) is 0. The van der Waals surface area contributed by atoms with E-state index in [1.165, 1.54) is 6.20 Å². The molecule has 0 spiro atoms. The summed E-state index contributed by atoms with van der Waals surface area (Å²) in [6.07, 6.45) is 1.43. The van der Waals surface area contributed by atoms with Gasteiger partial charge in [-0.05, 0) is 0 Å². The predicted molar refractivity (Wildman–Crippen MR) is 21.4 cm³/mol. The zero-order chi connectivity index (χ0) is 4.41. The van der Waals surface area contributed by atoms with Crippen LogP contribution < -0.4 is 0 Å². The fourth-order valence-corrected chi connectivity index (χ4v) is 0.266. The van der Waals surface area contributed by atoms with E-state index in [1.54, 1.807) is 0 Å². The van der Waals surface area contributed by atoms with Crippen LogP contribution in [-0.4, -0.2) is 15.4 Å². The van der Waals surface area contributed by atoms with Crippen molar-refractivity contribution in [2.24, 2.45) is 0 Å². The summed E-state index contributed by atoms with van der Waals surface area (Å²) in [5.41, 5.74) is 0. The number of nitrogens with zero attached hydrogens (tertiary/aromatic N) is 2. The molecule has 0 aliphatic carbocycles. The van der Waals surface area contributed by atoms with Gasteiger partial charge in [0.05, 0.1) is 6.20 Å². The largest absolute Gasteiger partial charge is 0.247 e. The average Bonchev–Trinajstić information content (AvgIpc) is 1.86. The van der Waals surface area contributed by atoms with Crippen LogP contribution in [0, 0.1) is 0 Å². The van der Waals surface area contributed by atoms with Crippen LogP contribution in [0.4, 0.5) is 0 Å². The summed E-state index contributed by atoms with van der Waals surface area (Å²) in [4.78, 5) is 0. The van der Waals surface area contributed by atoms with E-state index in [0.717, 1.165) is 0 Å². The number of rotatable bonds is 0. The lowest BCUT2D eigenvalue weighted by molar-refractivity contribution is 0.940. The van der Waals surface area contributed by atoms with Crippen LogP contribution in [0.5, 0.6) is 0 Å². The molecule has 0 saturated heterocycles. The highest BCUT2D eigenvalue weighted by Gasteiger charge is 1.78. The monoisotopic (exact) mass is 103 g/mol. The number of H-pyrrole nitrogens is 1. The van der Waals surface area contributed by atoms with Crippen molar-refractivity contribution >= 4 is 11.6 Å². The number of aromatic amines is 1. The van der Waals surface area contributed by atoms with Crippen LogP contribution in [-0.2, 0) is 0 Å². The summed E-state index contributed by atoms with van der Waals surface area (Å²) < 4.78 is 0. The maximum Gasteiger partial charge on any atom is 0.144 e. The maximum absolute atomic E-state index is 5.27. The van der Waals surface area contributed by atoms with Crippen molar-refractivity contribution in [3.8, 4) is 0 Å². The first-order valence-electron chi connectivity index (χ1n) is 1.41. The van der Waals surface area contributed by atoms with Crippen molar-refractivity contribution in [3.05, 3.63) is 11.3 Å². The van der Waals surface area contributed by atoms with E-state index >= 15 is 0 Å². The van der Waals surface area contributed by atoms with Crippen molar-refractivity contribution < 1.29 is 0 Å². The minimum absolute atomic E-state index is 0.468. The third kappa shape index (κ3) is 0.490. The molecule has 1 aromatic rings. The maximum atomic E-state index is 5.27. The van der Waals surface area contributed by atoms with Crippen LogP contribution in [0.25, 0.3) is 0 Å². The summed E-state index contributed by atoms with van der Waals surface area (Å²) in [7, 11) is 0. The van der Waals surface area contributed by atoms with Gasteiger partial charge in [0.2, 0.25) is 0 Å². The van der Waals surface area contributed by atoms with Crippen molar-refractivity contribution in [2.45, 2.75) is 0 Å². The molecule has 3 nitrogen and oxygen atoms in total. The molecule has 6 heavy (non-hydrogen) atoms. The number of aromatic nitrogens is 3. The molecule has 1 N–H and O–H groups in total. The molecule has 0 amide bonds. The Kier molecular flexibility index (Phi) is 0.759. The van der Waals surface area contributed by atoms with Gasteiger partial charge in [0.25, 0.3) is 0 Å². The molecule has 1 aromatic heterocycles. The molecule has 1 heterocycles. The van der Waals surface area contributed by atoms with Crippen molar-refractivity contribution in [1.29, 1.82) is 0 Å². The van der Waals surface area contributed by atoms with Gasteiger partial charge in [0, 0.05) is 0 Å². The SMILES string of the molecule is Clc1cnn[nH]1. The zero-order valence-electron chi connectivity index (χ0n) is 2.85. The zero-order valence-corrected chi connectivity index (χ0v) is 3.61. The molecule has 0 aromatic carbocycles. The molecule has 0 radical (unpaired) electrons. The third-order valence-corrected chi connectivity index (χ3v) is 0.568. The average molecular weight is 104 g/mol. The summed E-state index contributed by atoms with van der Waals surface area (Å²) in [6.45, 7) is 0. The second-order valence-electron chi connectivity index (χ2n) is 0.804. The fraction of sp³-hybridized carbons (Fsp3) is 0. The Morgan fingerprint density at radius 3 is 2.83 bits per heavy atom. The molecule has 32 valence electrons. The van der Waals surface area contributed by atoms with E-state index in [1.807, 2.05) is 0 Å². The highest BCUT2D eigenvalue weighted by molar-refractivity contribution is 6.29. The molecular weight excluding hydrogens is 101 g/mol. The predicted octanol–water partition coefficient (Wildman–Crippen LogP) is 0.458. The van der Waals surface area contributed by atoms with E-state index < -0.39 is 0 Å². The molecule has 4 heteroatoms. The molecule has 0 saturated carbocycles. The van der Waals surface area contributed by atoms with Gasteiger partial charge < -0.3 is 0 Å². The lowest BCUT2D eigenvalue weighted by Crippen LogP contribution is -1.63. The number of nitrogens with one attached hydrogen (secondary N) is 1. The first kappa shape index (κ1) is 3.61. The van der Waals surface area contributed by atoms with E-state index in [9.17, 15) is 0 Å². The Bertz CT molecular complexity index is 112. The Balaban J connectivity index is 3.05. The lowest BCUT2D eigenvalue weighted by Gasteiger charge is -1.61. The smallest absolute Gasteiger partial charge is 0.144 e. The number of hydrogen-bond donors (Lipinski definition) is 1. The highest BCUT2D eigenvalue weighted by Crippen LogP contribution is 1.93. The molecule has 0 aliphatic heterocycles. The fourth-order valence-electron chi connectivity index (χ4n) is 0.185.